The Bertz CT molecular complexity index is 679. The number of benzene rings is 1. The number of nitrogens with zero attached hydrogens (tertiary/aromatic N) is 1. The lowest BCUT2D eigenvalue weighted by atomic mass is 10.2. The van der Waals surface area contributed by atoms with Gasteiger partial charge in [0.1, 0.15) is 11.0 Å². The van der Waals surface area contributed by atoms with Gasteiger partial charge in [-0.3, -0.25) is 4.79 Å². The number of amides is 1. The first-order valence-electron chi connectivity index (χ1n) is 6.03. The Morgan fingerprint density at radius 3 is 2.71 bits per heavy atom. The number of methoxy groups -OCH3 is 1. The molecule has 2 N–H and O–H groups in total. The van der Waals surface area contributed by atoms with Crippen molar-refractivity contribution in [3.63, 3.8) is 0 Å². The van der Waals surface area contributed by atoms with Crippen molar-refractivity contribution in [2.75, 3.05) is 24.8 Å². The van der Waals surface area contributed by atoms with E-state index in [9.17, 15) is 9.18 Å². The lowest BCUT2D eigenvalue weighted by molar-refractivity contribution is 0.102. The molecule has 0 saturated heterocycles. The molecule has 2 aromatic rings. The van der Waals surface area contributed by atoms with E-state index in [1.54, 1.807) is 19.2 Å². The molecule has 0 aliphatic rings. The van der Waals surface area contributed by atoms with E-state index in [2.05, 4.69) is 15.6 Å². The molecule has 0 aliphatic heterocycles. The molecule has 5 nitrogen and oxygen atoms in total. The van der Waals surface area contributed by atoms with Gasteiger partial charge in [-0.15, -0.1) is 0 Å². The lowest BCUT2D eigenvalue weighted by Gasteiger charge is -2.08. The van der Waals surface area contributed by atoms with Crippen molar-refractivity contribution < 1.29 is 13.9 Å². The quantitative estimate of drug-likeness (QED) is 0.852. The smallest absolute Gasteiger partial charge is 0.255 e. The zero-order valence-electron chi connectivity index (χ0n) is 11.4. The number of carbonyl (C=O) groups excluding carboxylic acids is 1. The molecule has 7 heteroatoms. The topological polar surface area (TPSA) is 63.2 Å². The number of pyridine rings is 1. The number of ether oxygens (including phenoxy) is 1. The molecule has 1 heterocycles. The van der Waals surface area contributed by atoms with Gasteiger partial charge < -0.3 is 15.4 Å². The van der Waals surface area contributed by atoms with Crippen LogP contribution < -0.4 is 15.4 Å². The van der Waals surface area contributed by atoms with Gasteiger partial charge in [0.25, 0.3) is 5.91 Å². The molecule has 0 bridgehead atoms. The number of anilines is 2. The predicted molar refractivity (Wildman–Crippen MR) is 79.7 cm³/mol. The number of rotatable bonds is 4. The van der Waals surface area contributed by atoms with Crippen molar-refractivity contribution in [2.45, 2.75) is 0 Å². The van der Waals surface area contributed by atoms with E-state index in [4.69, 9.17) is 16.3 Å². The molecule has 1 amide bonds. The first-order chi connectivity index (χ1) is 10.0. The summed E-state index contributed by atoms with van der Waals surface area (Å²) in [5.74, 6) is -0.398. The maximum absolute atomic E-state index is 13.6. The minimum absolute atomic E-state index is 0.109. The van der Waals surface area contributed by atoms with E-state index in [1.165, 1.54) is 25.3 Å². The fraction of sp³-hybridized carbons (Fsp3) is 0.143. The fourth-order valence-electron chi connectivity index (χ4n) is 1.70. The third-order valence-electron chi connectivity index (χ3n) is 2.72. The molecule has 0 spiro atoms. The molecule has 110 valence electrons. The van der Waals surface area contributed by atoms with E-state index < -0.39 is 11.7 Å². The summed E-state index contributed by atoms with van der Waals surface area (Å²) in [5, 5.41) is 5.57. The van der Waals surface area contributed by atoms with E-state index >= 15 is 0 Å². The lowest BCUT2D eigenvalue weighted by Crippen LogP contribution is -2.13. The monoisotopic (exact) mass is 309 g/mol. The van der Waals surface area contributed by atoms with Crippen LogP contribution in [0.15, 0.2) is 30.3 Å². The molecule has 1 aromatic heterocycles. The van der Waals surface area contributed by atoms with Gasteiger partial charge in [-0.25, -0.2) is 9.37 Å². The van der Waals surface area contributed by atoms with Crippen LogP contribution in [-0.2, 0) is 0 Å². The maximum atomic E-state index is 13.6. The van der Waals surface area contributed by atoms with Crippen LogP contribution in [0.25, 0.3) is 0 Å². The third kappa shape index (κ3) is 3.61. The third-order valence-corrected chi connectivity index (χ3v) is 2.92. The van der Waals surface area contributed by atoms with Crippen molar-refractivity contribution in [3.05, 3.63) is 46.9 Å². The Balaban J connectivity index is 2.21. The van der Waals surface area contributed by atoms with Crippen molar-refractivity contribution >= 4 is 29.0 Å². The summed E-state index contributed by atoms with van der Waals surface area (Å²) >= 11 is 5.83. The summed E-state index contributed by atoms with van der Waals surface area (Å²) < 4.78 is 18.4. The van der Waals surface area contributed by atoms with Crippen LogP contribution in [0.1, 0.15) is 10.4 Å². The highest BCUT2D eigenvalue weighted by molar-refractivity contribution is 6.30. The van der Waals surface area contributed by atoms with Gasteiger partial charge in [0.2, 0.25) is 0 Å². The maximum Gasteiger partial charge on any atom is 0.255 e. The van der Waals surface area contributed by atoms with E-state index in [-0.39, 0.29) is 10.9 Å². The van der Waals surface area contributed by atoms with Crippen LogP contribution in [0.4, 0.5) is 15.9 Å². The van der Waals surface area contributed by atoms with Gasteiger partial charge in [-0.1, -0.05) is 11.6 Å². The van der Waals surface area contributed by atoms with Gasteiger partial charge in [-0.2, -0.15) is 0 Å². The van der Waals surface area contributed by atoms with Gasteiger partial charge in [-0.05, 0) is 24.3 Å². The van der Waals surface area contributed by atoms with Crippen LogP contribution in [0, 0.1) is 5.82 Å². The fourth-order valence-corrected chi connectivity index (χ4v) is 1.91. The van der Waals surface area contributed by atoms with Gasteiger partial charge in [0.15, 0.2) is 11.6 Å². The van der Waals surface area contributed by atoms with E-state index in [1.807, 2.05) is 0 Å². The molecular formula is C14H13ClFN3O2. The highest BCUT2D eigenvalue weighted by Gasteiger charge is 2.11. The van der Waals surface area contributed by atoms with Gasteiger partial charge >= 0.3 is 0 Å². The van der Waals surface area contributed by atoms with Crippen molar-refractivity contribution in [3.8, 4) is 5.75 Å². The normalized spacial score (nSPS) is 10.1. The Kier molecular flexibility index (Phi) is 4.59. The summed E-state index contributed by atoms with van der Waals surface area (Å²) in [6, 6.07) is 7.13. The number of hydrogen-bond acceptors (Lipinski definition) is 4. The summed E-state index contributed by atoms with van der Waals surface area (Å²) in [6.45, 7) is 0. The van der Waals surface area contributed by atoms with Gasteiger partial charge in [0.05, 0.1) is 7.11 Å². The summed E-state index contributed by atoms with van der Waals surface area (Å²) in [7, 11) is 3.04. The molecule has 0 atom stereocenters. The predicted octanol–water partition coefficient (Wildman–Crippen LogP) is 3.18. The standard InChI is InChI=1S/C14H13ClFN3O2/c1-17-13-6-8(5-12(15)19-13)14(20)18-9-3-4-11(21-2)10(16)7-9/h3-7H,1-2H3,(H,17,19)(H,18,20). The summed E-state index contributed by atoms with van der Waals surface area (Å²) in [6.07, 6.45) is 0. The van der Waals surface area contributed by atoms with Gasteiger partial charge in [0, 0.05) is 24.4 Å². The molecule has 21 heavy (non-hydrogen) atoms. The minimum atomic E-state index is -0.557. The molecule has 0 fully saturated rings. The second-order valence-corrected chi connectivity index (χ2v) is 4.50. The van der Waals surface area contributed by atoms with Crippen molar-refractivity contribution in [1.82, 2.24) is 4.98 Å². The second-order valence-electron chi connectivity index (χ2n) is 4.12. The Morgan fingerprint density at radius 2 is 2.10 bits per heavy atom. The SMILES string of the molecule is CNc1cc(C(=O)Nc2ccc(OC)c(F)c2)cc(Cl)n1. The molecular weight excluding hydrogens is 297 g/mol. The zero-order valence-corrected chi connectivity index (χ0v) is 12.2. The Morgan fingerprint density at radius 1 is 1.33 bits per heavy atom. The van der Waals surface area contributed by atoms with Crippen LogP contribution >= 0.6 is 11.6 Å². The first-order valence-corrected chi connectivity index (χ1v) is 6.41. The second kappa shape index (κ2) is 6.41. The van der Waals surface area contributed by atoms with Crippen LogP contribution in [0.3, 0.4) is 0 Å². The average Bonchev–Trinajstić information content (AvgIpc) is 2.46. The van der Waals surface area contributed by atoms with Crippen LogP contribution in [-0.4, -0.2) is 25.0 Å². The number of hydrogen-bond donors (Lipinski definition) is 2. The molecule has 0 radical (unpaired) electrons. The molecule has 0 saturated carbocycles. The summed E-state index contributed by atoms with van der Waals surface area (Å²) in [4.78, 5) is 16.1. The van der Waals surface area contributed by atoms with E-state index in [0.717, 1.165) is 0 Å². The highest BCUT2D eigenvalue weighted by atomic mass is 35.5. The van der Waals surface area contributed by atoms with Crippen LogP contribution in [0.2, 0.25) is 5.15 Å². The number of carbonyl (C=O) groups is 1. The molecule has 2 rings (SSSR count). The van der Waals surface area contributed by atoms with E-state index in [0.29, 0.717) is 17.1 Å². The Hall–Kier alpha value is -2.34. The highest BCUT2D eigenvalue weighted by Crippen LogP contribution is 2.22. The summed E-state index contributed by atoms with van der Waals surface area (Å²) in [5.41, 5.74) is 0.632. The number of aromatic nitrogens is 1. The number of halogens is 2. The Labute approximate surface area is 126 Å². The first kappa shape index (κ1) is 15.1. The molecule has 0 unspecified atom stereocenters. The van der Waals surface area contributed by atoms with Crippen LogP contribution in [0.5, 0.6) is 5.75 Å². The number of nitrogens with one attached hydrogen (secondary N) is 2. The zero-order chi connectivity index (χ0) is 15.4. The largest absolute Gasteiger partial charge is 0.494 e. The molecule has 1 aromatic carbocycles. The average molecular weight is 310 g/mol. The molecule has 0 aliphatic carbocycles. The van der Waals surface area contributed by atoms with Crippen molar-refractivity contribution in [2.24, 2.45) is 0 Å². The minimum Gasteiger partial charge on any atom is -0.494 e. The van der Waals surface area contributed by atoms with Crippen molar-refractivity contribution in [1.29, 1.82) is 0 Å².